The number of halogens is 2. The highest BCUT2D eigenvalue weighted by Gasteiger charge is 2.24. The van der Waals surface area contributed by atoms with E-state index in [-0.39, 0.29) is 27.4 Å². The van der Waals surface area contributed by atoms with Gasteiger partial charge in [0.2, 0.25) is 11.0 Å². The first-order valence-electron chi connectivity index (χ1n) is 7.92. The standard InChI is InChI=1S/C15H16Cl2N4O3S3/c1-9-6-10(16)7-11(17)14(9)27(23,24)20-15-19-18-12(26-15)8-13(22)21-2-4-25-5-3-21/h6-7H,2-5,8H2,1H3,(H,19,20). The molecule has 1 fully saturated rings. The number of aromatic nitrogens is 2. The first kappa shape index (κ1) is 20.7. The van der Waals surface area contributed by atoms with Crippen LogP contribution in [0.25, 0.3) is 0 Å². The summed E-state index contributed by atoms with van der Waals surface area (Å²) in [4.78, 5) is 14.0. The van der Waals surface area contributed by atoms with Gasteiger partial charge in [-0.25, -0.2) is 8.42 Å². The average Bonchev–Trinajstić information content (AvgIpc) is 3.00. The van der Waals surface area contributed by atoms with E-state index >= 15 is 0 Å². The van der Waals surface area contributed by atoms with E-state index in [1.165, 1.54) is 12.1 Å². The van der Waals surface area contributed by atoms with Crippen LogP contribution in [-0.4, -0.2) is 54.0 Å². The smallest absolute Gasteiger partial charge is 0.265 e. The highest BCUT2D eigenvalue weighted by molar-refractivity contribution is 7.99. The molecule has 1 aliphatic heterocycles. The van der Waals surface area contributed by atoms with Gasteiger partial charge in [0.1, 0.15) is 9.90 Å². The van der Waals surface area contributed by atoms with Crippen molar-refractivity contribution in [3.05, 3.63) is 32.7 Å². The van der Waals surface area contributed by atoms with Gasteiger partial charge in [-0.05, 0) is 24.6 Å². The van der Waals surface area contributed by atoms with E-state index in [1.54, 1.807) is 11.8 Å². The van der Waals surface area contributed by atoms with Gasteiger partial charge in [0.25, 0.3) is 10.0 Å². The second-order valence-corrected chi connectivity index (χ2v) is 10.6. The van der Waals surface area contributed by atoms with Crippen LogP contribution in [0.3, 0.4) is 0 Å². The summed E-state index contributed by atoms with van der Waals surface area (Å²) < 4.78 is 27.7. The molecule has 1 aromatic heterocycles. The summed E-state index contributed by atoms with van der Waals surface area (Å²) in [6, 6.07) is 2.88. The van der Waals surface area contributed by atoms with Crippen molar-refractivity contribution < 1.29 is 13.2 Å². The van der Waals surface area contributed by atoms with Gasteiger partial charge in [-0.15, -0.1) is 10.2 Å². The summed E-state index contributed by atoms with van der Waals surface area (Å²) >= 11 is 14.8. The van der Waals surface area contributed by atoms with Crippen LogP contribution >= 0.6 is 46.3 Å². The van der Waals surface area contributed by atoms with E-state index in [0.29, 0.717) is 15.6 Å². The first-order chi connectivity index (χ1) is 12.8. The Bertz CT molecular complexity index is 936. The lowest BCUT2D eigenvalue weighted by molar-refractivity contribution is -0.130. The van der Waals surface area contributed by atoms with Gasteiger partial charge in [-0.1, -0.05) is 34.5 Å². The molecule has 0 atom stereocenters. The SMILES string of the molecule is Cc1cc(Cl)cc(Cl)c1S(=O)(=O)Nc1nnc(CC(=O)N2CCSCC2)s1. The number of amides is 1. The fourth-order valence-electron chi connectivity index (χ4n) is 2.62. The van der Waals surface area contributed by atoms with Crippen molar-refractivity contribution in [2.45, 2.75) is 18.2 Å². The second kappa shape index (κ2) is 8.52. The number of sulfonamides is 1. The Balaban J connectivity index is 1.72. The van der Waals surface area contributed by atoms with Gasteiger partial charge >= 0.3 is 0 Å². The molecule has 7 nitrogen and oxygen atoms in total. The zero-order valence-electron chi connectivity index (χ0n) is 14.2. The maximum absolute atomic E-state index is 12.7. The molecule has 0 saturated carbocycles. The quantitative estimate of drug-likeness (QED) is 0.727. The lowest BCUT2D eigenvalue weighted by Gasteiger charge is -2.25. The molecule has 3 rings (SSSR count). The van der Waals surface area contributed by atoms with Crippen LogP contribution in [0.2, 0.25) is 10.0 Å². The number of benzene rings is 1. The van der Waals surface area contributed by atoms with Crippen molar-refractivity contribution in [3.8, 4) is 0 Å². The Morgan fingerprint density at radius 3 is 2.63 bits per heavy atom. The molecule has 1 N–H and O–H groups in total. The Labute approximate surface area is 175 Å². The molecule has 1 aromatic carbocycles. The number of carbonyl (C=O) groups is 1. The van der Waals surface area contributed by atoms with Crippen LogP contribution in [-0.2, 0) is 21.2 Å². The fourth-order valence-corrected chi connectivity index (χ4v) is 6.67. The molecule has 0 spiro atoms. The molecule has 2 heterocycles. The monoisotopic (exact) mass is 466 g/mol. The van der Waals surface area contributed by atoms with E-state index < -0.39 is 10.0 Å². The third kappa shape index (κ3) is 5.05. The number of anilines is 1. The van der Waals surface area contributed by atoms with Crippen molar-refractivity contribution in [1.29, 1.82) is 0 Å². The Morgan fingerprint density at radius 1 is 1.26 bits per heavy atom. The molecule has 1 aliphatic rings. The highest BCUT2D eigenvalue weighted by atomic mass is 35.5. The first-order valence-corrected chi connectivity index (χ1v) is 12.1. The zero-order chi connectivity index (χ0) is 19.6. The van der Waals surface area contributed by atoms with Crippen LogP contribution in [0, 0.1) is 6.92 Å². The van der Waals surface area contributed by atoms with Gasteiger partial charge in [-0.3, -0.25) is 9.52 Å². The minimum Gasteiger partial charge on any atom is -0.341 e. The number of nitrogens with zero attached hydrogens (tertiary/aromatic N) is 3. The topological polar surface area (TPSA) is 92.3 Å². The molecule has 146 valence electrons. The molecule has 1 amide bonds. The third-order valence-corrected chi connectivity index (χ3v) is 7.90. The number of thioether (sulfide) groups is 1. The Hall–Kier alpha value is -1.07. The number of aryl methyl sites for hydroxylation is 1. The van der Waals surface area contributed by atoms with Crippen molar-refractivity contribution in [1.82, 2.24) is 15.1 Å². The number of carbonyl (C=O) groups excluding carboxylic acids is 1. The number of hydrogen-bond acceptors (Lipinski definition) is 7. The van der Waals surface area contributed by atoms with Crippen molar-refractivity contribution in [2.75, 3.05) is 29.3 Å². The summed E-state index contributed by atoms with van der Waals surface area (Å²) in [5, 5.41) is 8.67. The van der Waals surface area contributed by atoms with Gasteiger partial charge in [0.05, 0.1) is 11.4 Å². The molecule has 0 bridgehead atoms. The van der Waals surface area contributed by atoms with E-state index in [9.17, 15) is 13.2 Å². The van der Waals surface area contributed by atoms with Crippen LogP contribution in [0.15, 0.2) is 17.0 Å². The normalized spacial score (nSPS) is 15.0. The summed E-state index contributed by atoms with van der Waals surface area (Å²) in [6.07, 6.45) is 0.102. The van der Waals surface area contributed by atoms with Gasteiger partial charge in [0, 0.05) is 29.6 Å². The van der Waals surface area contributed by atoms with Crippen molar-refractivity contribution >= 4 is 67.4 Å². The number of hydrogen-bond donors (Lipinski definition) is 1. The molecule has 27 heavy (non-hydrogen) atoms. The minimum absolute atomic E-state index is 0.0235. The molecule has 1 saturated heterocycles. The predicted molar refractivity (Wildman–Crippen MR) is 110 cm³/mol. The van der Waals surface area contributed by atoms with Crippen molar-refractivity contribution in [3.63, 3.8) is 0 Å². The van der Waals surface area contributed by atoms with Gasteiger partial charge in [0.15, 0.2) is 0 Å². The number of rotatable bonds is 5. The average molecular weight is 467 g/mol. The Morgan fingerprint density at radius 2 is 1.96 bits per heavy atom. The van der Waals surface area contributed by atoms with E-state index in [2.05, 4.69) is 14.9 Å². The van der Waals surface area contributed by atoms with E-state index in [0.717, 1.165) is 35.9 Å². The summed E-state index contributed by atoms with van der Waals surface area (Å²) in [7, 11) is -3.96. The van der Waals surface area contributed by atoms with E-state index in [4.69, 9.17) is 23.2 Å². The van der Waals surface area contributed by atoms with E-state index in [1.807, 2.05) is 11.8 Å². The third-order valence-electron chi connectivity index (χ3n) is 3.82. The molecular formula is C15H16Cl2N4O3S3. The van der Waals surface area contributed by atoms with Crippen LogP contribution < -0.4 is 4.72 Å². The summed E-state index contributed by atoms with van der Waals surface area (Å²) in [5.74, 6) is 1.82. The molecule has 0 radical (unpaired) electrons. The largest absolute Gasteiger partial charge is 0.341 e. The minimum atomic E-state index is -3.96. The highest BCUT2D eigenvalue weighted by Crippen LogP contribution is 2.31. The lowest BCUT2D eigenvalue weighted by atomic mass is 10.2. The van der Waals surface area contributed by atoms with Crippen molar-refractivity contribution in [2.24, 2.45) is 0 Å². The van der Waals surface area contributed by atoms with Crippen LogP contribution in [0.1, 0.15) is 10.6 Å². The lowest BCUT2D eigenvalue weighted by Crippen LogP contribution is -2.38. The molecule has 0 unspecified atom stereocenters. The van der Waals surface area contributed by atoms with Gasteiger partial charge < -0.3 is 4.90 Å². The second-order valence-electron chi connectivity index (χ2n) is 5.81. The zero-order valence-corrected chi connectivity index (χ0v) is 18.2. The molecule has 2 aromatic rings. The molecule has 0 aliphatic carbocycles. The van der Waals surface area contributed by atoms with Gasteiger partial charge in [-0.2, -0.15) is 11.8 Å². The Kier molecular flexibility index (Phi) is 6.52. The van der Waals surface area contributed by atoms with Crippen LogP contribution in [0.5, 0.6) is 0 Å². The van der Waals surface area contributed by atoms with Crippen LogP contribution in [0.4, 0.5) is 5.13 Å². The fraction of sp³-hybridized carbons (Fsp3) is 0.400. The maximum atomic E-state index is 12.7. The molecule has 12 heteroatoms. The predicted octanol–water partition coefficient (Wildman–Crippen LogP) is 3.07. The maximum Gasteiger partial charge on any atom is 0.265 e. The number of nitrogens with one attached hydrogen (secondary N) is 1. The molecular weight excluding hydrogens is 451 g/mol. The summed E-state index contributed by atoms with van der Waals surface area (Å²) in [5.41, 5.74) is 0.419. The summed E-state index contributed by atoms with van der Waals surface area (Å²) in [6.45, 7) is 3.04.